The summed E-state index contributed by atoms with van der Waals surface area (Å²) in [5.74, 6) is 0.790. The van der Waals surface area contributed by atoms with E-state index in [4.69, 9.17) is 9.47 Å². The zero-order chi connectivity index (χ0) is 12.3. The average molecular weight is 234 g/mol. The van der Waals surface area contributed by atoms with Crippen molar-refractivity contribution in [3.63, 3.8) is 0 Å². The molecule has 1 atom stereocenters. The van der Waals surface area contributed by atoms with E-state index in [1.54, 1.807) is 20.3 Å². The third kappa shape index (κ3) is 2.44. The molecular formula is C14H18O3. The fourth-order valence-electron chi connectivity index (χ4n) is 2.02. The van der Waals surface area contributed by atoms with E-state index in [0.717, 1.165) is 36.3 Å². The molecule has 3 nitrogen and oxygen atoms in total. The molecule has 1 aliphatic heterocycles. The van der Waals surface area contributed by atoms with Crippen LogP contribution in [0.1, 0.15) is 25.3 Å². The molecule has 17 heavy (non-hydrogen) atoms. The number of rotatable bonds is 3. The normalized spacial score (nSPS) is 18.9. The van der Waals surface area contributed by atoms with E-state index >= 15 is 0 Å². The van der Waals surface area contributed by atoms with E-state index in [0.29, 0.717) is 0 Å². The lowest BCUT2D eigenvalue weighted by Gasteiger charge is -2.29. The quantitative estimate of drug-likeness (QED) is 0.873. The summed E-state index contributed by atoms with van der Waals surface area (Å²) in [6, 6.07) is 7.48. The number of hydrogen-bond donors (Lipinski definition) is 1. The number of hydrogen-bond acceptors (Lipinski definition) is 3. The Balaban J connectivity index is 2.26. The minimum Gasteiger partial charge on any atom is -0.501 e. The van der Waals surface area contributed by atoms with Gasteiger partial charge < -0.3 is 14.6 Å². The number of ether oxygens (including phenoxy) is 2. The molecular weight excluding hydrogens is 216 g/mol. The van der Waals surface area contributed by atoms with Crippen LogP contribution in [0.2, 0.25) is 0 Å². The largest absolute Gasteiger partial charge is 0.501 e. The van der Waals surface area contributed by atoms with Gasteiger partial charge in [-0.05, 0) is 43.0 Å². The Morgan fingerprint density at radius 1 is 1.29 bits per heavy atom. The van der Waals surface area contributed by atoms with Gasteiger partial charge in [-0.2, -0.15) is 0 Å². The summed E-state index contributed by atoms with van der Waals surface area (Å²) in [6.07, 6.45) is 3.52. The molecule has 0 aromatic heterocycles. The third-order valence-corrected chi connectivity index (χ3v) is 3.21. The molecule has 0 spiro atoms. The molecule has 0 amide bonds. The molecule has 92 valence electrons. The first-order valence-corrected chi connectivity index (χ1v) is 5.82. The van der Waals surface area contributed by atoms with Gasteiger partial charge >= 0.3 is 0 Å². The Bertz CT molecular complexity index is 404. The Hall–Kier alpha value is -1.48. The molecule has 0 saturated heterocycles. The molecule has 1 unspecified atom stereocenters. The predicted molar refractivity (Wildman–Crippen MR) is 65.8 cm³/mol. The fourth-order valence-corrected chi connectivity index (χ4v) is 2.02. The van der Waals surface area contributed by atoms with Crippen LogP contribution in [0.15, 0.2) is 36.1 Å². The summed E-state index contributed by atoms with van der Waals surface area (Å²) in [4.78, 5) is 0. The van der Waals surface area contributed by atoms with Crippen LogP contribution in [0, 0.1) is 0 Å². The Morgan fingerprint density at radius 3 is 2.53 bits per heavy atom. The second-order valence-corrected chi connectivity index (χ2v) is 4.42. The highest BCUT2D eigenvalue weighted by Gasteiger charge is 2.29. The lowest BCUT2D eigenvalue weighted by molar-refractivity contribution is 0.0785. The molecule has 0 aliphatic carbocycles. The van der Waals surface area contributed by atoms with Crippen LogP contribution in [0.3, 0.4) is 0 Å². The van der Waals surface area contributed by atoms with Gasteiger partial charge in [-0.1, -0.05) is 12.1 Å². The van der Waals surface area contributed by atoms with Crippen LogP contribution in [-0.2, 0) is 10.3 Å². The molecule has 0 bridgehead atoms. The van der Waals surface area contributed by atoms with Crippen LogP contribution in [0.25, 0.3) is 0 Å². The molecule has 1 aromatic rings. The van der Waals surface area contributed by atoms with Crippen molar-refractivity contribution in [3.05, 3.63) is 41.7 Å². The van der Waals surface area contributed by atoms with E-state index in [1.165, 1.54) is 0 Å². The van der Waals surface area contributed by atoms with Crippen LogP contribution < -0.4 is 4.74 Å². The lowest BCUT2D eigenvalue weighted by Crippen LogP contribution is -2.26. The highest BCUT2D eigenvalue weighted by molar-refractivity contribution is 5.35. The van der Waals surface area contributed by atoms with E-state index in [1.807, 2.05) is 24.3 Å². The van der Waals surface area contributed by atoms with Gasteiger partial charge in [0, 0.05) is 0 Å². The summed E-state index contributed by atoms with van der Waals surface area (Å²) in [5.41, 5.74) is 0.816. The summed E-state index contributed by atoms with van der Waals surface area (Å²) in [5, 5.41) is 10.6. The number of aliphatic hydroxyl groups is 1. The van der Waals surface area contributed by atoms with Crippen molar-refractivity contribution in [2.24, 2.45) is 0 Å². The topological polar surface area (TPSA) is 38.7 Å². The third-order valence-electron chi connectivity index (χ3n) is 3.21. The number of methoxy groups -OCH3 is 1. The Labute approximate surface area is 102 Å². The first kappa shape index (κ1) is 12.0. The van der Waals surface area contributed by atoms with Crippen molar-refractivity contribution in [2.45, 2.75) is 25.4 Å². The van der Waals surface area contributed by atoms with Crippen molar-refractivity contribution in [2.75, 3.05) is 13.7 Å². The SMILES string of the molecule is COc1ccc(C(C)(O)C2=COCCC2)cc1. The number of benzene rings is 1. The van der Waals surface area contributed by atoms with Crippen molar-refractivity contribution >= 4 is 0 Å². The molecule has 0 saturated carbocycles. The Morgan fingerprint density at radius 2 is 2.00 bits per heavy atom. The van der Waals surface area contributed by atoms with Crippen LogP contribution in [0.5, 0.6) is 5.75 Å². The van der Waals surface area contributed by atoms with Gasteiger partial charge in [-0.3, -0.25) is 0 Å². The van der Waals surface area contributed by atoms with E-state index in [9.17, 15) is 5.11 Å². The van der Waals surface area contributed by atoms with Gasteiger partial charge in [0.05, 0.1) is 20.0 Å². The maximum atomic E-state index is 10.6. The Kier molecular flexibility index (Phi) is 3.38. The molecule has 1 N–H and O–H groups in total. The first-order chi connectivity index (χ1) is 8.14. The highest BCUT2D eigenvalue weighted by Crippen LogP contribution is 2.34. The summed E-state index contributed by atoms with van der Waals surface area (Å²) in [7, 11) is 1.63. The summed E-state index contributed by atoms with van der Waals surface area (Å²) in [6.45, 7) is 2.54. The monoisotopic (exact) mass is 234 g/mol. The van der Waals surface area contributed by atoms with Gasteiger partial charge in [-0.25, -0.2) is 0 Å². The van der Waals surface area contributed by atoms with Gasteiger partial charge in [0.25, 0.3) is 0 Å². The van der Waals surface area contributed by atoms with E-state index in [-0.39, 0.29) is 0 Å². The van der Waals surface area contributed by atoms with Crippen molar-refractivity contribution in [1.82, 2.24) is 0 Å². The summed E-state index contributed by atoms with van der Waals surface area (Å²) < 4.78 is 10.4. The summed E-state index contributed by atoms with van der Waals surface area (Å²) >= 11 is 0. The van der Waals surface area contributed by atoms with Crippen molar-refractivity contribution < 1.29 is 14.6 Å². The zero-order valence-electron chi connectivity index (χ0n) is 10.3. The average Bonchev–Trinajstić information content (AvgIpc) is 2.40. The smallest absolute Gasteiger partial charge is 0.118 e. The second-order valence-electron chi connectivity index (χ2n) is 4.42. The van der Waals surface area contributed by atoms with Gasteiger partial charge in [0.15, 0.2) is 0 Å². The van der Waals surface area contributed by atoms with E-state index in [2.05, 4.69) is 0 Å². The van der Waals surface area contributed by atoms with E-state index < -0.39 is 5.60 Å². The second kappa shape index (κ2) is 4.80. The van der Waals surface area contributed by atoms with Gasteiger partial charge in [0.1, 0.15) is 11.4 Å². The zero-order valence-corrected chi connectivity index (χ0v) is 10.3. The fraction of sp³-hybridized carbons (Fsp3) is 0.429. The highest BCUT2D eigenvalue weighted by atomic mass is 16.5. The minimum atomic E-state index is -0.966. The predicted octanol–water partition coefficient (Wildman–Crippen LogP) is 2.60. The molecule has 3 heteroatoms. The van der Waals surface area contributed by atoms with Crippen molar-refractivity contribution in [3.8, 4) is 5.75 Å². The lowest BCUT2D eigenvalue weighted by atomic mass is 9.85. The standard InChI is InChI=1S/C14H18O3/c1-14(15,12-4-3-9-17-10-12)11-5-7-13(16-2)8-6-11/h5-8,10,15H,3-4,9H2,1-2H3. The molecule has 0 fully saturated rings. The van der Waals surface area contributed by atoms with Gasteiger partial charge in [0.2, 0.25) is 0 Å². The first-order valence-electron chi connectivity index (χ1n) is 5.82. The minimum absolute atomic E-state index is 0.738. The molecule has 0 radical (unpaired) electrons. The van der Waals surface area contributed by atoms with Crippen LogP contribution in [-0.4, -0.2) is 18.8 Å². The molecule has 1 aromatic carbocycles. The van der Waals surface area contributed by atoms with Crippen molar-refractivity contribution in [1.29, 1.82) is 0 Å². The van der Waals surface area contributed by atoms with Gasteiger partial charge in [-0.15, -0.1) is 0 Å². The molecule has 1 heterocycles. The molecule has 1 aliphatic rings. The maximum Gasteiger partial charge on any atom is 0.118 e. The van der Waals surface area contributed by atoms with Crippen LogP contribution >= 0.6 is 0 Å². The maximum absolute atomic E-state index is 10.6. The molecule has 2 rings (SSSR count). The van der Waals surface area contributed by atoms with Crippen LogP contribution in [0.4, 0.5) is 0 Å².